The van der Waals surface area contributed by atoms with Gasteiger partial charge in [0.15, 0.2) is 0 Å². The van der Waals surface area contributed by atoms with Crippen molar-refractivity contribution in [3.63, 3.8) is 0 Å². The maximum atomic E-state index is 14.8. The molecule has 3 heterocycles. The molecular weight excluding hydrogens is 506 g/mol. The van der Waals surface area contributed by atoms with Gasteiger partial charge in [-0.3, -0.25) is 9.78 Å². The number of ether oxygens (including phenoxy) is 1. The summed E-state index contributed by atoms with van der Waals surface area (Å²) in [4.78, 5) is 32.6. The molecule has 202 valence electrons. The maximum Gasteiger partial charge on any atom is 0.410 e. The Morgan fingerprint density at radius 2 is 1.92 bits per heavy atom. The zero-order valence-corrected chi connectivity index (χ0v) is 21.1. The van der Waals surface area contributed by atoms with Gasteiger partial charge >= 0.3 is 12.3 Å². The van der Waals surface area contributed by atoms with Crippen LogP contribution in [0.25, 0.3) is 10.9 Å². The molecule has 4 atom stereocenters. The summed E-state index contributed by atoms with van der Waals surface area (Å²) < 4.78 is 63.3. The third-order valence-electron chi connectivity index (χ3n) is 7.72. The molecule has 2 aliphatic heterocycles. The van der Waals surface area contributed by atoms with Crippen LogP contribution in [0.2, 0.25) is 0 Å². The van der Waals surface area contributed by atoms with Crippen LogP contribution in [0, 0.1) is 22.2 Å². The molecule has 0 spiro atoms. The molecule has 2 saturated heterocycles. The minimum absolute atomic E-state index is 0.202. The standard InChI is InChI=1S/C26H27F4N5O3/c1-23(2,3)38-22(37)34-10-17(27)18(11-34)33-21(36)24-12-25(24,26(28,29)30)14-35(13-24)19-7-6-15(9-31)20-16(19)5-4-8-32-20/h4-8,17-18H,10-14H2,1-3H3,(H,33,36)/t17-,18+,24+,25+/m1/s1. The van der Waals surface area contributed by atoms with E-state index in [1.165, 1.54) is 17.2 Å². The van der Waals surface area contributed by atoms with Gasteiger partial charge in [0.05, 0.1) is 29.1 Å². The number of anilines is 1. The number of halogens is 4. The predicted octanol–water partition coefficient (Wildman–Crippen LogP) is 3.94. The fraction of sp³-hybridized carbons (Fsp3) is 0.538. The van der Waals surface area contributed by atoms with Gasteiger partial charge < -0.3 is 19.9 Å². The molecule has 2 amide bonds. The molecule has 1 aliphatic carbocycles. The van der Waals surface area contributed by atoms with Crippen molar-refractivity contribution in [2.45, 2.75) is 51.2 Å². The van der Waals surface area contributed by atoms with Crippen LogP contribution in [-0.2, 0) is 9.53 Å². The SMILES string of the molecule is CC(C)(C)OC(=O)N1C[C@@H](F)[C@@H](NC(=O)[C@]23CN(c4ccc(C#N)c5ncccc45)C[C@@]2(C(F)(F)F)C3)C1. The van der Waals surface area contributed by atoms with Crippen LogP contribution in [-0.4, -0.2) is 72.1 Å². The fourth-order valence-corrected chi connectivity index (χ4v) is 5.80. The molecule has 0 bridgehead atoms. The highest BCUT2D eigenvalue weighted by atomic mass is 19.4. The first-order chi connectivity index (χ1) is 17.7. The highest BCUT2D eigenvalue weighted by Gasteiger charge is 2.86. The van der Waals surface area contributed by atoms with Crippen molar-refractivity contribution in [2.24, 2.45) is 10.8 Å². The van der Waals surface area contributed by atoms with Gasteiger partial charge in [0, 0.05) is 36.9 Å². The van der Waals surface area contributed by atoms with Gasteiger partial charge in [-0.15, -0.1) is 0 Å². The summed E-state index contributed by atoms with van der Waals surface area (Å²) in [6, 6.07) is 7.25. The van der Waals surface area contributed by atoms with Crippen LogP contribution in [0.4, 0.5) is 28.0 Å². The molecule has 5 rings (SSSR count). The number of likely N-dealkylation sites (tertiary alicyclic amines) is 1. The number of carbonyl (C=O) groups excluding carboxylic acids is 2. The number of carbonyl (C=O) groups is 2. The van der Waals surface area contributed by atoms with E-state index in [1.54, 1.807) is 39.0 Å². The Morgan fingerprint density at radius 1 is 1.18 bits per heavy atom. The molecule has 8 nitrogen and oxygen atoms in total. The quantitative estimate of drug-likeness (QED) is 0.601. The number of pyridine rings is 1. The Labute approximate surface area is 216 Å². The number of hydrogen-bond acceptors (Lipinski definition) is 6. The number of benzene rings is 1. The molecule has 1 saturated carbocycles. The second-order valence-corrected chi connectivity index (χ2v) is 11.3. The third-order valence-corrected chi connectivity index (χ3v) is 7.72. The zero-order chi connectivity index (χ0) is 27.7. The van der Waals surface area contributed by atoms with E-state index in [4.69, 9.17) is 4.74 Å². The Bertz CT molecular complexity index is 1350. The van der Waals surface area contributed by atoms with Gasteiger partial charge in [-0.25, -0.2) is 9.18 Å². The average molecular weight is 534 g/mol. The van der Waals surface area contributed by atoms with Crippen molar-refractivity contribution < 1.29 is 31.9 Å². The topological polar surface area (TPSA) is 98.6 Å². The van der Waals surface area contributed by atoms with Gasteiger partial charge in [0.1, 0.15) is 23.3 Å². The lowest BCUT2D eigenvalue weighted by molar-refractivity contribution is -0.191. The van der Waals surface area contributed by atoms with Crippen molar-refractivity contribution in [1.82, 2.24) is 15.2 Å². The van der Waals surface area contributed by atoms with E-state index in [9.17, 15) is 32.4 Å². The number of piperidine rings is 1. The molecule has 2 aromatic rings. The predicted molar refractivity (Wildman–Crippen MR) is 129 cm³/mol. The van der Waals surface area contributed by atoms with Crippen molar-refractivity contribution in [3.05, 3.63) is 36.0 Å². The highest BCUT2D eigenvalue weighted by Crippen LogP contribution is 2.75. The number of nitrogens with one attached hydrogen (secondary N) is 1. The molecular formula is C26H27F4N5O3. The molecule has 3 aliphatic rings. The van der Waals surface area contributed by atoms with Crippen LogP contribution in [0.15, 0.2) is 30.5 Å². The number of fused-ring (bicyclic) bond motifs is 2. The van der Waals surface area contributed by atoms with Crippen LogP contribution >= 0.6 is 0 Å². The number of nitrogens with zero attached hydrogens (tertiary/aromatic N) is 4. The largest absolute Gasteiger partial charge is 0.444 e. The Hall–Kier alpha value is -3.62. The first-order valence-electron chi connectivity index (χ1n) is 12.2. The second-order valence-electron chi connectivity index (χ2n) is 11.3. The summed E-state index contributed by atoms with van der Waals surface area (Å²) in [5.74, 6) is -0.882. The summed E-state index contributed by atoms with van der Waals surface area (Å²) in [5.41, 5.74) is -3.80. The summed E-state index contributed by atoms with van der Waals surface area (Å²) >= 11 is 0. The van der Waals surface area contributed by atoms with E-state index < -0.39 is 59.8 Å². The number of aromatic nitrogens is 1. The first kappa shape index (κ1) is 26.0. The van der Waals surface area contributed by atoms with Crippen LogP contribution in [0.1, 0.15) is 32.8 Å². The molecule has 0 radical (unpaired) electrons. The monoisotopic (exact) mass is 533 g/mol. The average Bonchev–Trinajstić information content (AvgIpc) is 3.16. The Balaban J connectivity index is 1.39. The lowest BCUT2D eigenvalue weighted by Gasteiger charge is -2.26. The van der Waals surface area contributed by atoms with Crippen molar-refractivity contribution in [3.8, 4) is 6.07 Å². The summed E-state index contributed by atoms with van der Waals surface area (Å²) in [7, 11) is 0. The van der Waals surface area contributed by atoms with Gasteiger partial charge in [0.2, 0.25) is 5.91 Å². The zero-order valence-electron chi connectivity index (χ0n) is 21.1. The van der Waals surface area contributed by atoms with Gasteiger partial charge in [-0.2, -0.15) is 18.4 Å². The van der Waals surface area contributed by atoms with E-state index in [1.807, 2.05) is 6.07 Å². The van der Waals surface area contributed by atoms with E-state index >= 15 is 0 Å². The first-order valence-corrected chi connectivity index (χ1v) is 12.2. The molecule has 1 aromatic heterocycles. The summed E-state index contributed by atoms with van der Waals surface area (Å²) in [6.07, 6.45) is -5.98. The van der Waals surface area contributed by atoms with Crippen LogP contribution < -0.4 is 10.2 Å². The molecule has 12 heteroatoms. The van der Waals surface area contributed by atoms with Crippen molar-refractivity contribution in [2.75, 3.05) is 31.1 Å². The third kappa shape index (κ3) is 3.99. The molecule has 1 N–H and O–H groups in total. The number of alkyl halides is 4. The van der Waals surface area contributed by atoms with E-state index in [2.05, 4.69) is 10.3 Å². The Kier molecular flexibility index (Phi) is 5.78. The van der Waals surface area contributed by atoms with Crippen molar-refractivity contribution >= 4 is 28.6 Å². The van der Waals surface area contributed by atoms with E-state index in [0.717, 1.165) is 4.90 Å². The van der Waals surface area contributed by atoms with Crippen molar-refractivity contribution in [1.29, 1.82) is 5.26 Å². The Morgan fingerprint density at radius 3 is 2.58 bits per heavy atom. The lowest BCUT2D eigenvalue weighted by atomic mass is 9.94. The summed E-state index contributed by atoms with van der Waals surface area (Å²) in [5, 5.41) is 12.4. The number of amides is 2. The van der Waals surface area contributed by atoms with Gasteiger partial charge in [-0.05, 0) is 51.5 Å². The number of hydrogen-bond donors (Lipinski definition) is 1. The van der Waals surface area contributed by atoms with Gasteiger partial charge in [0.25, 0.3) is 0 Å². The normalized spacial score (nSPS) is 28.7. The minimum atomic E-state index is -4.67. The smallest absolute Gasteiger partial charge is 0.410 e. The summed E-state index contributed by atoms with van der Waals surface area (Å²) in [6.45, 7) is 3.78. The van der Waals surface area contributed by atoms with Crippen LogP contribution in [0.3, 0.4) is 0 Å². The van der Waals surface area contributed by atoms with E-state index in [0.29, 0.717) is 16.6 Å². The molecule has 38 heavy (non-hydrogen) atoms. The number of nitriles is 1. The lowest BCUT2D eigenvalue weighted by Crippen LogP contribution is -2.48. The molecule has 3 fully saturated rings. The number of rotatable bonds is 3. The van der Waals surface area contributed by atoms with Gasteiger partial charge in [-0.1, -0.05) is 0 Å². The maximum absolute atomic E-state index is 14.8. The molecule has 1 aromatic carbocycles. The molecule has 0 unspecified atom stereocenters. The fourth-order valence-electron chi connectivity index (χ4n) is 5.80. The van der Waals surface area contributed by atoms with Crippen LogP contribution in [0.5, 0.6) is 0 Å². The highest BCUT2D eigenvalue weighted by molar-refractivity contribution is 5.97. The van der Waals surface area contributed by atoms with E-state index in [-0.39, 0.29) is 25.2 Å². The second kappa shape index (κ2) is 8.44. The minimum Gasteiger partial charge on any atom is -0.444 e.